The van der Waals surface area contributed by atoms with Crippen LogP contribution in [0.4, 0.5) is 16.4 Å². The summed E-state index contributed by atoms with van der Waals surface area (Å²) in [6.07, 6.45) is 0. The SMILES string of the molecule is CCOc1ccc(Nc2sc(C(=O)c3ccc(OC)cc3)c(N)c2S(=O)(=O)c2ccccc2)cc1. The maximum atomic E-state index is 13.6. The Balaban J connectivity index is 1.81. The standard InChI is InChI=1S/C26H24N2O5S2/c1-3-33-20-15-11-18(12-16-20)28-26-25(35(30,31)21-7-5-4-6-8-21)22(27)24(34-26)23(29)17-9-13-19(32-2)14-10-17/h4-16,28H,3,27H2,1-2H3. The van der Waals surface area contributed by atoms with E-state index in [1.807, 2.05) is 6.92 Å². The van der Waals surface area contributed by atoms with E-state index in [0.717, 1.165) is 11.3 Å². The maximum Gasteiger partial charge on any atom is 0.211 e. The number of benzene rings is 3. The van der Waals surface area contributed by atoms with Gasteiger partial charge in [-0.05, 0) is 67.6 Å². The van der Waals surface area contributed by atoms with Gasteiger partial charge >= 0.3 is 0 Å². The summed E-state index contributed by atoms with van der Waals surface area (Å²) in [6.45, 7) is 2.42. The summed E-state index contributed by atoms with van der Waals surface area (Å²) in [6, 6.07) is 21.7. The zero-order valence-electron chi connectivity index (χ0n) is 19.1. The van der Waals surface area contributed by atoms with Crippen molar-refractivity contribution in [3.05, 3.63) is 89.3 Å². The van der Waals surface area contributed by atoms with E-state index in [2.05, 4.69) is 5.32 Å². The van der Waals surface area contributed by atoms with Crippen LogP contribution in [0, 0.1) is 0 Å². The molecule has 0 saturated carbocycles. The van der Waals surface area contributed by atoms with E-state index in [1.165, 1.54) is 19.2 Å². The Morgan fingerprint density at radius 2 is 1.57 bits per heavy atom. The van der Waals surface area contributed by atoms with Crippen LogP contribution in [-0.2, 0) is 9.84 Å². The number of carbonyl (C=O) groups excluding carboxylic acids is 1. The van der Waals surface area contributed by atoms with E-state index in [1.54, 1.807) is 66.7 Å². The van der Waals surface area contributed by atoms with Crippen LogP contribution in [0.3, 0.4) is 0 Å². The van der Waals surface area contributed by atoms with Gasteiger partial charge in [0.25, 0.3) is 0 Å². The number of ketones is 1. The Labute approximate surface area is 208 Å². The quantitative estimate of drug-likeness (QED) is 0.286. The van der Waals surface area contributed by atoms with Crippen LogP contribution in [0.2, 0.25) is 0 Å². The molecule has 3 N–H and O–H groups in total. The number of nitrogens with one attached hydrogen (secondary N) is 1. The van der Waals surface area contributed by atoms with Crippen molar-refractivity contribution >= 4 is 43.3 Å². The Morgan fingerprint density at radius 1 is 0.943 bits per heavy atom. The van der Waals surface area contributed by atoms with Gasteiger partial charge in [-0.15, -0.1) is 11.3 Å². The molecule has 1 heterocycles. The second kappa shape index (κ2) is 10.2. The first-order valence-corrected chi connectivity index (χ1v) is 13.1. The minimum absolute atomic E-state index is 0.0858. The average molecular weight is 509 g/mol. The number of thiophene rings is 1. The molecule has 0 unspecified atom stereocenters. The number of carbonyl (C=O) groups is 1. The van der Waals surface area contributed by atoms with Crippen molar-refractivity contribution in [2.75, 3.05) is 24.8 Å². The molecular weight excluding hydrogens is 484 g/mol. The smallest absolute Gasteiger partial charge is 0.211 e. The van der Waals surface area contributed by atoms with Crippen LogP contribution in [0.5, 0.6) is 11.5 Å². The van der Waals surface area contributed by atoms with E-state index >= 15 is 0 Å². The lowest BCUT2D eigenvalue weighted by Gasteiger charge is -2.10. The summed E-state index contributed by atoms with van der Waals surface area (Å²) < 4.78 is 37.8. The first kappa shape index (κ1) is 24.3. The first-order chi connectivity index (χ1) is 16.8. The third-order valence-electron chi connectivity index (χ3n) is 5.20. The van der Waals surface area contributed by atoms with E-state index in [4.69, 9.17) is 15.2 Å². The van der Waals surface area contributed by atoms with Crippen molar-refractivity contribution in [1.82, 2.24) is 0 Å². The van der Waals surface area contributed by atoms with Gasteiger partial charge in [-0.3, -0.25) is 4.79 Å². The Morgan fingerprint density at radius 3 is 2.17 bits per heavy atom. The highest BCUT2D eigenvalue weighted by molar-refractivity contribution is 7.92. The van der Waals surface area contributed by atoms with Gasteiger partial charge in [0, 0.05) is 11.3 Å². The molecule has 0 bridgehead atoms. The lowest BCUT2D eigenvalue weighted by atomic mass is 10.1. The highest BCUT2D eigenvalue weighted by Crippen LogP contribution is 2.44. The van der Waals surface area contributed by atoms with Crippen LogP contribution in [0.1, 0.15) is 22.2 Å². The van der Waals surface area contributed by atoms with E-state index in [-0.39, 0.29) is 31.1 Å². The number of hydrogen-bond donors (Lipinski definition) is 2. The molecule has 4 rings (SSSR count). The zero-order chi connectivity index (χ0) is 25.0. The molecule has 9 heteroatoms. The highest BCUT2D eigenvalue weighted by Gasteiger charge is 2.31. The number of sulfone groups is 1. The Bertz CT molecular complexity index is 1430. The molecule has 0 aliphatic carbocycles. The summed E-state index contributed by atoms with van der Waals surface area (Å²) in [5.74, 6) is 0.918. The second-order valence-electron chi connectivity index (χ2n) is 7.46. The van der Waals surface area contributed by atoms with Crippen LogP contribution < -0.4 is 20.5 Å². The van der Waals surface area contributed by atoms with Gasteiger partial charge < -0.3 is 20.5 Å². The topological polar surface area (TPSA) is 108 Å². The van der Waals surface area contributed by atoms with Gasteiger partial charge in [-0.1, -0.05) is 18.2 Å². The monoisotopic (exact) mass is 508 g/mol. The predicted octanol–water partition coefficient (Wildman–Crippen LogP) is 5.55. The largest absolute Gasteiger partial charge is 0.497 e. The molecule has 4 aromatic rings. The summed E-state index contributed by atoms with van der Waals surface area (Å²) >= 11 is 1.00. The minimum atomic E-state index is -4.02. The molecule has 0 amide bonds. The van der Waals surface area contributed by atoms with Crippen molar-refractivity contribution in [3.63, 3.8) is 0 Å². The van der Waals surface area contributed by atoms with Crippen LogP contribution in [-0.4, -0.2) is 27.9 Å². The Hall–Kier alpha value is -3.82. The van der Waals surface area contributed by atoms with Gasteiger partial charge in [0.15, 0.2) is 0 Å². The lowest BCUT2D eigenvalue weighted by Crippen LogP contribution is -2.08. The van der Waals surface area contributed by atoms with Crippen molar-refractivity contribution in [2.24, 2.45) is 0 Å². The predicted molar refractivity (Wildman–Crippen MR) is 138 cm³/mol. The van der Waals surface area contributed by atoms with Gasteiger partial charge in [-0.2, -0.15) is 0 Å². The molecule has 1 aromatic heterocycles. The third kappa shape index (κ3) is 5.01. The molecule has 0 aliphatic rings. The van der Waals surface area contributed by atoms with Gasteiger partial charge in [0.05, 0.1) is 24.3 Å². The lowest BCUT2D eigenvalue weighted by molar-refractivity contribution is 0.104. The molecule has 0 saturated heterocycles. The number of hydrogen-bond acceptors (Lipinski definition) is 8. The molecule has 180 valence electrons. The fourth-order valence-corrected chi connectivity index (χ4v) is 6.42. The van der Waals surface area contributed by atoms with Crippen LogP contribution in [0.15, 0.2) is 88.7 Å². The second-order valence-corrected chi connectivity index (χ2v) is 10.4. The van der Waals surface area contributed by atoms with Crippen molar-refractivity contribution in [1.29, 1.82) is 0 Å². The summed E-state index contributed by atoms with van der Waals surface area (Å²) in [4.78, 5) is 13.4. The van der Waals surface area contributed by atoms with E-state index in [0.29, 0.717) is 29.4 Å². The van der Waals surface area contributed by atoms with E-state index in [9.17, 15) is 13.2 Å². The highest BCUT2D eigenvalue weighted by atomic mass is 32.2. The van der Waals surface area contributed by atoms with Crippen LogP contribution in [0.25, 0.3) is 0 Å². The minimum Gasteiger partial charge on any atom is -0.497 e. The van der Waals surface area contributed by atoms with Gasteiger partial charge in [0.2, 0.25) is 15.6 Å². The number of anilines is 3. The summed E-state index contributed by atoms with van der Waals surface area (Å²) in [7, 11) is -2.48. The molecule has 35 heavy (non-hydrogen) atoms. The first-order valence-electron chi connectivity index (χ1n) is 10.8. The van der Waals surface area contributed by atoms with Crippen molar-refractivity contribution < 1.29 is 22.7 Å². The van der Waals surface area contributed by atoms with Crippen molar-refractivity contribution in [2.45, 2.75) is 16.7 Å². The average Bonchev–Trinajstić information content (AvgIpc) is 3.21. The number of nitrogens with two attached hydrogens (primary N) is 1. The van der Waals surface area contributed by atoms with Crippen molar-refractivity contribution in [3.8, 4) is 11.5 Å². The Kier molecular flexibility index (Phi) is 7.09. The number of nitrogen functional groups attached to an aromatic ring is 1. The molecule has 0 radical (unpaired) electrons. The van der Waals surface area contributed by atoms with Gasteiger partial charge in [0.1, 0.15) is 26.3 Å². The molecule has 0 fully saturated rings. The normalized spacial score (nSPS) is 11.1. The number of ether oxygens (including phenoxy) is 2. The number of methoxy groups -OCH3 is 1. The molecule has 0 atom stereocenters. The fraction of sp³-hybridized carbons (Fsp3) is 0.115. The molecule has 0 spiro atoms. The van der Waals surface area contributed by atoms with Gasteiger partial charge in [-0.25, -0.2) is 8.42 Å². The zero-order valence-corrected chi connectivity index (χ0v) is 20.8. The van der Waals surface area contributed by atoms with E-state index < -0.39 is 9.84 Å². The molecule has 0 aliphatic heterocycles. The molecular formula is C26H24N2O5S2. The molecule has 7 nitrogen and oxygen atoms in total. The molecule has 3 aromatic carbocycles. The summed E-state index contributed by atoms with van der Waals surface area (Å²) in [5.41, 5.74) is 7.27. The maximum absolute atomic E-state index is 13.6. The number of rotatable bonds is 9. The summed E-state index contributed by atoms with van der Waals surface area (Å²) in [5, 5.41) is 3.39. The third-order valence-corrected chi connectivity index (χ3v) is 8.31. The van der Waals surface area contributed by atoms with Crippen LogP contribution >= 0.6 is 11.3 Å². The fourth-order valence-electron chi connectivity index (χ4n) is 3.47.